The van der Waals surface area contributed by atoms with Crippen LogP contribution in [0.3, 0.4) is 0 Å². The monoisotopic (exact) mass is 205 g/mol. The van der Waals surface area contributed by atoms with Crippen LogP contribution in [0.5, 0.6) is 0 Å². The Kier molecular flexibility index (Phi) is 2.21. The summed E-state index contributed by atoms with van der Waals surface area (Å²) in [7, 11) is -4.38. The first kappa shape index (κ1) is 7.46. The molecule has 0 aromatic heterocycles. The Morgan fingerprint density at radius 2 is 2.00 bits per heavy atom. The second-order valence-corrected chi connectivity index (χ2v) is 3.97. The lowest BCUT2D eigenvalue weighted by Gasteiger charge is -2.01. The normalized spacial score (nSPS) is 14.9. The van der Waals surface area contributed by atoms with E-state index in [-0.39, 0.29) is 4.90 Å². The lowest BCUT2D eigenvalue weighted by atomic mass is 10.2. The highest BCUT2D eigenvalue weighted by Gasteiger charge is 2.13. The summed E-state index contributed by atoms with van der Waals surface area (Å²) in [6.45, 7) is -1.95. The summed E-state index contributed by atoms with van der Waals surface area (Å²) < 4.78 is 51.3. The maximum absolute atomic E-state index is 12.4. The molecule has 1 rings (SSSR count). The van der Waals surface area contributed by atoms with Crippen molar-refractivity contribution in [2.24, 2.45) is 0 Å². The van der Waals surface area contributed by atoms with Gasteiger partial charge in [-0.25, -0.2) is 8.57 Å². The Bertz CT molecular complexity index is 436. The van der Waals surface area contributed by atoms with Gasteiger partial charge in [-0.05, 0) is 19.1 Å². The molecule has 0 aliphatic carbocycles. The molecule has 0 aliphatic heterocycles. The van der Waals surface area contributed by atoms with Crippen molar-refractivity contribution in [2.75, 3.05) is 6.81 Å². The van der Waals surface area contributed by atoms with Crippen molar-refractivity contribution in [3.63, 3.8) is 0 Å². The van der Waals surface area contributed by atoms with Crippen molar-refractivity contribution in [3.8, 4) is 0 Å². The first-order valence-electron chi connectivity index (χ1n) is 4.42. The molecule has 5 heteroatoms. The molecule has 3 nitrogen and oxygen atoms in total. The van der Waals surface area contributed by atoms with Crippen LogP contribution < -0.4 is 0 Å². The summed E-state index contributed by atoms with van der Waals surface area (Å²) >= 11 is 0. The minimum atomic E-state index is -4.38. The van der Waals surface area contributed by atoms with Gasteiger partial charge in [0.25, 0.3) is 10.1 Å². The number of halogens is 1. The van der Waals surface area contributed by atoms with E-state index in [1.807, 2.05) is 0 Å². The van der Waals surface area contributed by atoms with Gasteiger partial charge in [0, 0.05) is 0 Å². The van der Waals surface area contributed by atoms with Crippen LogP contribution in [0.4, 0.5) is 4.39 Å². The fourth-order valence-electron chi connectivity index (χ4n) is 0.795. The Balaban J connectivity index is 3.02. The third-order valence-electron chi connectivity index (χ3n) is 1.45. The average molecular weight is 205 g/mol. The Morgan fingerprint density at radius 3 is 2.46 bits per heavy atom. The van der Waals surface area contributed by atoms with E-state index >= 15 is 0 Å². The van der Waals surface area contributed by atoms with Crippen LogP contribution in [-0.2, 0) is 14.3 Å². The fourth-order valence-corrected chi connectivity index (χ4v) is 1.44. The van der Waals surface area contributed by atoms with Gasteiger partial charge in [-0.15, -0.1) is 0 Å². The molecule has 1 aromatic carbocycles. The average Bonchev–Trinajstić information content (AvgIpc) is 2.00. The molecule has 0 saturated carbocycles. The molecule has 1 aromatic rings. The number of rotatable bonds is 3. The van der Waals surface area contributed by atoms with E-state index in [2.05, 4.69) is 4.18 Å². The smallest absolute Gasteiger partial charge is 0.232 e. The molecule has 13 heavy (non-hydrogen) atoms. The van der Waals surface area contributed by atoms with Gasteiger partial charge in [0.15, 0.2) is 0 Å². The van der Waals surface area contributed by atoms with E-state index in [1.165, 1.54) is 24.3 Å². The largest absolute Gasteiger partial charge is 0.299 e. The van der Waals surface area contributed by atoms with Crippen molar-refractivity contribution < 1.29 is 19.7 Å². The second-order valence-electron chi connectivity index (χ2n) is 2.43. The SMILES string of the molecule is [2H]C([2H])([18F])OS(=O)(=O)c1ccc(C)cc1. The van der Waals surface area contributed by atoms with Crippen LogP contribution in [0.2, 0.25) is 0 Å². The van der Waals surface area contributed by atoms with Gasteiger partial charge in [0.2, 0.25) is 6.81 Å². The molecule has 0 spiro atoms. The zero-order valence-electron chi connectivity index (χ0n) is 8.82. The molecular weight excluding hydrogens is 194 g/mol. The zero-order chi connectivity index (χ0) is 11.7. The highest BCUT2D eigenvalue weighted by atomic mass is 32.2. The third-order valence-corrected chi connectivity index (χ3v) is 2.58. The van der Waals surface area contributed by atoms with Crippen molar-refractivity contribution in [2.45, 2.75) is 11.8 Å². The predicted molar refractivity (Wildman–Crippen MR) is 45.4 cm³/mol. The quantitative estimate of drug-likeness (QED) is 0.704. The van der Waals surface area contributed by atoms with Gasteiger partial charge in [-0.3, -0.25) is 0 Å². The van der Waals surface area contributed by atoms with E-state index in [0.717, 1.165) is 5.56 Å². The minimum absolute atomic E-state index is 0.283. The highest BCUT2D eigenvalue weighted by molar-refractivity contribution is 7.86. The number of benzene rings is 1. The van der Waals surface area contributed by atoms with Crippen LogP contribution in [0.1, 0.15) is 8.30 Å². The van der Waals surface area contributed by atoms with Gasteiger partial charge in [0.1, 0.15) is 0 Å². The van der Waals surface area contributed by atoms with E-state index in [9.17, 15) is 12.8 Å². The fraction of sp³-hybridized carbons (Fsp3) is 0.250. The number of hydrogen-bond donors (Lipinski definition) is 0. The molecule has 0 fully saturated rings. The molecule has 0 saturated heterocycles. The molecule has 0 radical (unpaired) electrons. The zero-order valence-corrected chi connectivity index (χ0v) is 7.64. The van der Waals surface area contributed by atoms with E-state index in [0.29, 0.717) is 0 Å². The Labute approximate surface area is 79.1 Å². The Morgan fingerprint density at radius 1 is 1.46 bits per heavy atom. The lowest BCUT2D eigenvalue weighted by Crippen LogP contribution is -2.05. The van der Waals surface area contributed by atoms with Crippen LogP contribution in [0.15, 0.2) is 29.2 Å². The van der Waals surface area contributed by atoms with Crippen molar-refractivity contribution >= 4 is 10.1 Å². The first-order valence-corrected chi connectivity index (χ1v) is 4.83. The van der Waals surface area contributed by atoms with Crippen LogP contribution in [0, 0.1) is 6.92 Å². The molecule has 0 bridgehead atoms. The van der Waals surface area contributed by atoms with Gasteiger partial charge in [-0.2, -0.15) is 8.42 Å². The molecule has 0 unspecified atom stereocenters. The minimum Gasteiger partial charge on any atom is -0.232 e. The van der Waals surface area contributed by atoms with E-state index in [4.69, 9.17) is 2.74 Å². The topological polar surface area (TPSA) is 43.4 Å². The number of aryl methyl sites for hydroxylation is 1. The van der Waals surface area contributed by atoms with E-state index in [1.54, 1.807) is 6.92 Å². The molecule has 0 aliphatic rings. The highest BCUT2D eigenvalue weighted by Crippen LogP contribution is 2.12. The molecular formula is C8H9FO3S. The standard InChI is InChI=1S/C8H9FO3S/c1-7-2-4-8(5-3-7)13(10,11)12-6-9/h2-5H,6H2,1H3/i6D2,9-1. The van der Waals surface area contributed by atoms with Gasteiger partial charge >= 0.3 is 0 Å². The Hall–Kier alpha value is -0.940. The second kappa shape index (κ2) is 3.85. The lowest BCUT2D eigenvalue weighted by molar-refractivity contribution is 0.198. The van der Waals surface area contributed by atoms with Crippen LogP contribution >= 0.6 is 0 Å². The first-order chi connectivity index (χ1) is 6.71. The maximum Gasteiger partial charge on any atom is 0.299 e. The summed E-state index contributed by atoms with van der Waals surface area (Å²) in [5.41, 5.74) is 0.831. The summed E-state index contributed by atoms with van der Waals surface area (Å²) in [4.78, 5) is -0.283. The third kappa shape index (κ3) is 2.50. The van der Waals surface area contributed by atoms with Crippen LogP contribution in [0.25, 0.3) is 0 Å². The summed E-state index contributed by atoms with van der Waals surface area (Å²) in [6.07, 6.45) is 0. The molecule has 0 amide bonds. The summed E-state index contributed by atoms with van der Waals surface area (Å²) in [5.74, 6) is 0. The molecule has 72 valence electrons. The number of alkyl halides is 1. The summed E-state index contributed by atoms with van der Waals surface area (Å²) in [6, 6.07) is 5.45. The molecule has 0 N–H and O–H groups in total. The van der Waals surface area contributed by atoms with Crippen molar-refractivity contribution in [3.05, 3.63) is 29.8 Å². The molecule has 0 heterocycles. The van der Waals surface area contributed by atoms with Gasteiger partial charge < -0.3 is 0 Å². The van der Waals surface area contributed by atoms with Crippen LogP contribution in [-0.4, -0.2) is 15.2 Å². The molecule has 0 atom stereocenters. The maximum atomic E-state index is 12.4. The van der Waals surface area contributed by atoms with Gasteiger partial charge in [-0.1, -0.05) is 17.7 Å². The summed E-state index contributed by atoms with van der Waals surface area (Å²) in [5, 5.41) is 0. The predicted octanol–water partition coefficient (Wildman–Crippen LogP) is 1.63. The number of hydrogen-bond acceptors (Lipinski definition) is 3. The van der Waals surface area contributed by atoms with Gasteiger partial charge in [0.05, 0.1) is 7.64 Å². The van der Waals surface area contributed by atoms with Crippen molar-refractivity contribution in [1.82, 2.24) is 0 Å². The van der Waals surface area contributed by atoms with Crippen molar-refractivity contribution in [1.29, 1.82) is 0 Å². The van der Waals surface area contributed by atoms with E-state index < -0.39 is 16.9 Å².